The molecule has 0 aliphatic carbocycles. The van der Waals surface area contributed by atoms with Gasteiger partial charge in [-0.15, -0.1) is 9.05 Å². The summed E-state index contributed by atoms with van der Waals surface area (Å²) in [4.78, 5) is 0. The molecule has 0 heterocycles. The summed E-state index contributed by atoms with van der Waals surface area (Å²) >= 11 is 0. The van der Waals surface area contributed by atoms with E-state index < -0.39 is 8.25 Å². The molecule has 0 amide bonds. The van der Waals surface area contributed by atoms with Gasteiger partial charge in [-0.2, -0.15) is 0 Å². The van der Waals surface area contributed by atoms with E-state index in [2.05, 4.69) is 13.8 Å². The maximum Gasteiger partial charge on any atom is 0.697 e. The number of hydrogen-bond acceptors (Lipinski definition) is 3. The van der Waals surface area contributed by atoms with Crippen LogP contribution in [0.1, 0.15) is 46.0 Å². The Kier molecular flexibility index (Phi) is 16.6. The summed E-state index contributed by atoms with van der Waals surface area (Å²) in [5.41, 5.74) is 0. The summed E-state index contributed by atoms with van der Waals surface area (Å²) in [5, 5.41) is 0. The van der Waals surface area contributed by atoms with Gasteiger partial charge in [0.1, 0.15) is 13.2 Å². The molecule has 0 aliphatic rings. The molecule has 1 unspecified atom stereocenters. The average Bonchev–Trinajstić information content (AvgIpc) is 2.13. The Balaban J connectivity index is 0. The molecule has 0 N–H and O–H groups in total. The fourth-order valence-corrected chi connectivity index (χ4v) is 1.44. The second kappa shape index (κ2) is 13.6. The first-order valence-electron chi connectivity index (χ1n) is 5.04. The van der Waals surface area contributed by atoms with Crippen molar-refractivity contribution in [3.05, 3.63) is 0 Å². The number of rotatable bonds is 9. The Hall–Kier alpha value is 0.643. The van der Waals surface area contributed by atoms with Gasteiger partial charge >= 0.3 is 8.25 Å². The minimum atomic E-state index is -1.86. The summed E-state index contributed by atoms with van der Waals surface area (Å²) in [6.45, 7) is 5.28. The Bertz CT molecular complexity index is 133. The Morgan fingerprint density at radius 2 is 1.43 bits per heavy atom. The largest absolute Gasteiger partial charge is 0.697 e. The average molecular weight is 273 g/mol. The molecule has 1 atom stereocenters. The van der Waals surface area contributed by atoms with Crippen molar-refractivity contribution in [2.24, 2.45) is 0 Å². The third-order valence-corrected chi connectivity index (χ3v) is 2.43. The van der Waals surface area contributed by atoms with E-state index in [9.17, 15) is 4.57 Å². The van der Waals surface area contributed by atoms with Gasteiger partial charge in [0.25, 0.3) is 0 Å². The predicted molar refractivity (Wildman–Crippen MR) is 53.9 cm³/mol. The van der Waals surface area contributed by atoms with Crippen molar-refractivity contribution < 1.29 is 33.1 Å². The maximum absolute atomic E-state index is 11.0. The minimum Gasteiger partial charge on any atom is -0.119 e. The van der Waals surface area contributed by atoms with E-state index in [1.807, 2.05) is 0 Å². The molecule has 0 aliphatic heterocycles. The van der Waals surface area contributed by atoms with Gasteiger partial charge in [0.15, 0.2) is 0 Å². The standard InChI is InChI=1S/C9H20O3P.Zn/c1-3-5-7-9-12-13(10)11-8-6-4-2;/h3-9H2,1-2H3;/q+1;. The molecule has 5 heteroatoms. The van der Waals surface area contributed by atoms with Crippen LogP contribution in [-0.2, 0) is 33.1 Å². The summed E-state index contributed by atoms with van der Waals surface area (Å²) in [5.74, 6) is 0. The van der Waals surface area contributed by atoms with Gasteiger partial charge in [-0.1, -0.05) is 33.1 Å². The third kappa shape index (κ3) is 12.6. The SMILES string of the molecule is CCCCCO[P+](=O)OCCCC.[Zn]. The zero-order chi connectivity index (χ0) is 9.94. The van der Waals surface area contributed by atoms with E-state index >= 15 is 0 Å². The van der Waals surface area contributed by atoms with Crippen molar-refractivity contribution in [2.75, 3.05) is 13.2 Å². The molecule has 0 aromatic carbocycles. The van der Waals surface area contributed by atoms with Crippen LogP contribution in [0.2, 0.25) is 0 Å². The summed E-state index contributed by atoms with van der Waals surface area (Å²) < 4.78 is 20.9. The third-order valence-electron chi connectivity index (χ3n) is 1.64. The monoisotopic (exact) mass is 271 g/mol. The van der Waals surface area contributed by atoms with Gasteiger partial charge in [-0.05, 0) is 12.8 Å². The number of unbranched alkanes of at least 4 members (excludes halogenated alkanes) is 3. The molecule has 0 fully saturated rings. The Labute approximate surface area is 101 Å². The molecule has 3 nitrogen and oxygen atoms in total. The molecule has 0 rings (SSSR count). The van der Waals surface area contributed by atoms with E-state index in [0.717, 1.165) is 32.1 Å². The molecule has 0 saturated carbocycles. The van der Waals surface area contributed by atoms with Crippen LogP contribution in [0.4, 0.5) is 0 Å². The van der Waals surface area contributed by atoms with E-state index in [1.54, 1.807) is 0 Å². The van der Waals surface area contributed by atoms with Crippen molar-refractivity contribution in [1.29, 1.82) is 0 Å². The van der Waals surface area contributed by atoms with Gasteiger partial charge in [0.2, 0.25) is 0 Å². The second-order valence-electron chi connectivity index (χ2n) is 2.95. The molecular formula is C9H20O3PZn+. The summed E-state index contributed by atoms with van der Waals surface area (Å²) in [7, 11) is -1.86. The number of hydrogen-bond donors (Lipinski definition) is 0. The maximum atomic E-state index is 11.0. The summed E-state index contributed by atoms with van der Waals surface area (Å²) in [6, 6.07) is 0. The van der Waals surface area contributed by atoms with E-state index in [1.165, 1.54) is 0 Å². The topological polar surface area (TPSA) is 35.5 Å². The van der Waals surface area contributed by atoms with Gasteiger partial charge < -0.3 is 0 Å². The van der Waals surface area contributed by atoms with Gasteiger partial charge in [0.05, 0.1) is 0 Å². The van der Waals surface area contributed by atoms with Crippen LogP contribution in [0.5, 0.6) is 0 Å². The zero-order valence-corrected chi connectivity index (χ0v) is 13.2. The minimum absolute atomic E-state index is 0. The zero-order valence-electron chi connectivity index (χ0n) is 9.33. The van der Waals surface area contributed by atoms with Gasteiger partial charge in [-0.3, -0.25) is 0 Å². The van der Waals surface area contributed by atoms with Crippen LogP contribution in [0.25, 0.3) is 0 Å². The van der Waals surface area contributed by atoms with Gasteiger partial charge in [-0.25, -0.2) is 0 Å². The molecule has 0 spiro atoms. The molecular weight excluding hydrogens is 252 g/mol. The summed E-state index contributed by atoms with van der Waals surface area (Å²) in [6.07, 6.45) is 5.24. The molecule has 80 valence electrons. The molecule has 0 bridgehead atoms. The fraction of sp³-hybridized carbons (Fsp3) is 1.00. The van der Waals surface area contributed by atoms with Crippen molar-refractivity contribution in [3.63, 3.8) is 0 Å². The van der Waals surface area contributed by atoms with E-state index in [4.69, 9.17) is 9.05 Å². The molecule has 0 saturated heterocycles. The Morgan fingerprint density at radius 1 is 0.929 bits per heavy atom. The molecule has 0 aromatic rings. The molecule has 14 heavy (non-hydrogen) atoms. The van der Waals surface area contributed by atoms with Crippen LogP contribution in [0, 0.1) is 0 Å². The molecule has 0 radical (unpaired) electrons. The van der Waals surface area contributed by atoms with Crippen molar-refractivity contribution in [3.8, 4) is 0 Å². The van der Waals surface area contributed by atoms with Crippen molar-refractivity contribution in [2.45, 2.75) is 46.0 Å². The van der Waals surface area contributed by atoms with E-state index in [0.29, 0.717) is 13.2 Å². The van der Waals surface area contributed by atoms with Crippen LogP contribution in [-0.4, -0.2) is 13.2 Å². The normalized spacial score (nSPS) is 10.9. The first-order chi connectivity index (χ1) is 6.31. The van der Waals surface area contributed by atoms with Crippen LogP contribution >= 0.6 is 8.25 Å². The first kappa shape index (κ1) is 17.1. The smallest absolute Gasteiger partial charge is 0.119 e. The molecule has 0 aromatic heterocycles. The van der Waals surface area contributed by atoms with Crippen LogP contribution < -0.4 is 0 Å². The van der Waals surface area contributed by atoms with Crippen molar-refractivity contribution in [1.82, 2.24) is 0 Å². The quantitative estimate of drug-likeness (QED) is 0.365. The second-order valence-corrected chi connectivity index (χ2v) is 3.91. The van der Waals surface area contributed by atoms with Crippen molar-refractivity contribution >= 4 is 8.25 Å². The van der Waals surface area contributed by atoms with Gasteiger partial charge in [0, 0.05) is 24.0 Å². The van der Waals surface area contributed by atoms with Crippen LogP contribution in [0.15, 0.2) is 0 Å². The predicted octanol–water partition coefficient (Wildman–Crippen LogP) is 3.66. The van der Waals surface area contributed by atoms with Crippen LogP contribution in [0.3, 0.4) is 0 Å². The van der Waals surface area contributed by atoms with E-state index in [-0.39, 0.29) is 19.5 Å². The first-order valence-corrected chi connectivity index (χ1v) is 6.13. The fourth-order valence-electron chi connectivity index (χ4n) is 0.812. The Morgan fingerprint density at radius 3 is 1.93 bits per heavy atom.